The first-order valence-electron chi connectivity index (χ1n) is 34.6. The van der Waals surface area contributed by atoms with Gasteiger partial charge in [0.25, 0.3) is 0 Å². The molecule has 0 heterocycles. The lowest BCUT2D eigenvalue weighted by Gasteiger charge is -2.16. The number of carbonyl (C=O) groups excluding carboxylic acids is 8. The summed E-state index contributed by atoms with van der Waals surface area (Å²) in [6, 6.07) is 71.5. The highest BCUT2D eigenvalue weighted by atomic mass is 32.1. The third-order valence-corrected chi connectivity index (χ3v) is 16.2. The number of ether oxygens (including phenoxy) is 8. The number of aryl methyl sites for hydroxylation is 4. The fraction of sp³-hybridized carbons (Fsp3) is 0.259. The van der Waals surface area contributed by atoms with E-state index in [1.165, 1.54) is 34.0 Å². The first-order valence-corrected chi connectivity index (χ1v) is 35.1. The van der Waals surface area contributed by atoms with E-state index in [1.807, 2.05) is 270 Å². The zero-order valence-electron chi connectivity index (χ0n) is 62.3. The molecule has 0 aliphatic rings. The molecule has 4 amide bonds. The van der Waals surface area contributed by atoms with Gasteiger partial charge >= 0.3 is 54.2 Å². The summed E-state index contributed by atoms with van der Waals surface area (Å²) < 4.78 is 39.3. The minimum absolute atomic E-state index is 0.101. The van der Waals surface area contributed by atoms with Crippen molar-refractivity contribution in [1.29, 1.82) is 0 Å². The van der Waals surface area contributed by atoms with Gasteiger partial charge in [0.2, 0.25) is 0 Å². The first kappa shape index (κ1) is 87.4. The summed E-state index contributed by atoms with van der Waals surface area (Å²) in [6.07, 6.45) is -0.999. The van der Waals surface area contributed by atoms with Gasteiger partial charge in [-0.3, -0.25) is 4.79 Å². The predicted molar refractivity (Wildman–Crippen MR) is 415 cm³/mol. The highest BCUT2D eigenvalue weighted by Gasteiger charge is 2.26. The minimum Gasteiger partial charge on any atom is -0.480 e. The normalized spacial score (nSPS) is 11.5. The van der Waals surface area contributed by atoms with Crippen molar-refractivity contribution in [2.75, 3.05) is 28.4 Å². The Hall–Kier alpha value is -12.3. The molecule has 0 aromatic heterocycles. The van der Waals surface area contributed by atoms with Crippen molar-refractivity contribution in [3.63, 3.8) is 0 Å². The van der Waals surface area contributed by atoms with Gasteiger partial charge < -0.3 is 70.0 Å². The second kappa shape index (κ2) is 48.8. The maximum Gasteiger partial charge on any atom is 0.408 e. The van der Waals surface area contributed by atoms with Crippen LogP contribution in [-0.2, 0) is 120 Å². The third kappa shape index (κ3) is 35.6. The van der Waals surface area contributed by atoms with Crippen LogP contribution in [0.1, 0.15) is 72.3 Å². The number of thiol groups is 1. The fourth-order valence-corrected chi connectivity index (χ4v) is 9.94. The van der Waals surface area contributed by atoms with Crippen LogP contribution in [-0.4, -0.2) is 118 Å². The van der Waals surface area contributed by atoms with Gasteiger partial charge in [0.05, 0.1) is 28.4 Å². The standard InChI is InChI=1S/2C19H21NO4.C18H19NO4S.C18H19NO4.C11H15NO2/c2*1-14-8-10-15(11-9-14)12-17(18(21)23-2)20-19(22)24-13-16-6-4-3-5-7-16;1-22-17(20)16(11-13-7-9-15(24)10-8-13)19-18(21)23-12-14-5-3-2-4-6-14;1-13-7-9-14(10-8-13)11-16(17(20)21)19-18(22)23-12-15-5-3-2-4-6-15;1-8-3-5-9(6-4-8)7-10(12)11(13)14-2/h2*3-11,17H,12-13H2,1-2H3,(H,20,22);2-10,16,24H,11-12H2,1H3,(H,19,21);2-10,16H,11-12H2,1H3,(H,19,22)(H,20,21);3-6,10H,7,12H2,1-2H3. The van der Waals surface area contributed by atoms with Crippen LogP contribution in [0.5, 0.6) is 0 Å². The zero-order valence-corrected chi connectivity index (χ0v) is 63.2. The van der Waals surface area contributed by atoms with Crippen molar-refractivity contribution < 1.29 is 86.2 Å². The molecule has 0 bridgehead atoms. The summed E-state index contributed by atoms with van der Waals surface area (Å²) in [5, 5.41) is 19.3. The van der Waals surface area contributed by atoms with Crippen LogP contribution in [0.4, 0.5) is 19.2 Å². The molecule has 7 N–H and O–H groups in total. The van der Waals surface area contributed by atoms with Gasteiger partial charge in [-0.2, -0.15) is 0 Å². The van der Waals surface area contributed by atoms with Crippen LogP contribution in [0.3, 0.4) is 0 Å². The van der Waals surface area contributed by atoms with Crippen LogP contribution >= 0.6 is 12.6 Å². The maximum absolute atomic E-state index is 12.0. The maximum atomic E-state index is 12.0. The lowest BCUT2D eigenvalue weighted by molar-refractivity contribution is -0.143. The van der Waals surface area contributed by atoms with Crippen molar-refractivity contribution in [3.8, 4) is 0 Å². The number of amides is 4. The van der Waals surface area contributed by atoms with E-state index >= 15 is 0 Å². The molecule has 9 aromatic rings. The molecule has 0 aliphatic heterocycles. The summed E-state index contributed by atoms with van der Waals surface area (Å²) in [5.74, 6) is -3.01. The smallest absolute Gasteiger partial charge is 0.408 e. The van der Waals surface area contributed by atoms with E-state index in [0.717, 1.165) is 71.7 Å². The monoisotopic (exact) mass is 1510 g/mol. The van der Waals surface area contributed by atoms with Gasteiger partial charge in [0, 0.05) is 30.6 Å². The number of methoxy groups -OCH3 is 4. The van der Waals surface area contributed by atoms with Gasteiger partial charge in [-0.1, -0.05) is 253 Å². The average molecular weight is 1510 g/mol. The average Bonchev–Trinajstić information content (AvgIpc) is 0.539. The Morgan fingerprint density at radius 3 is 0.743 bits per heavy atom. The number of carboxylic acid groups (broad SMARTS) is 1. The summed E-state index contributed by atoms with van der Waals surface area (Å²) >= 11 is 4.22. The van der Waals surface area contributed by atoms with Crippen molar-refractivity contribution >= 4 is 66.8 Å². The van der Waals surface area contributed by atoms with Crippen molar-refractivity contribution in [1.82, 2.24) is 21.3 Å². The molecular weight excluding hydrogens is 1410 g/mol. The van der Waals surface area contributed by atoms with E-state index in [0.29, 0.717) is 25.7 Å². The summed E-state index contributed by atoms with van der Waals surface area (Å²) in [4.78, 5) is 106. The van der Waals surface area contributed by atoms with Crippen LogP contribution in [0, 0.1) is 27.7 Å². The molecule has 0 aliphatic carbocycles. The Labute approximate surface area is 641 Å². The molecule has 9 aromatic carbocycles. The highest BCUT2D eigenvalue weighted by molar-refractivity contribution is 7.80. The van der Waals surface area contributed by atoms with Crippen LogP contribution in [0.15, 0.2) is 248 Å². The van der Waals surface area contributed by atoms with E-state index in [-0.39, 0.29) is 38.8 Å². The fourth-order valence-electron chi connectivity index (χ4n) is 9.80. The van der Waals surface area contributed by atoms with Crippen molar-refractivity contribution in [2.24, 2.45) is 5.73 Å². The molecule has 5 unspecified atom stereocenters. The largest absolute Gasteiger partial charge is 0.480 e. The van der Waals surface area contributed by atoms with Crippen molar-refractivity contribution in [2.45, 2.75) is 121 Å². The van der Waals surface area contributed by atoms with Gasteiger partial charge in [-0.15, -0.1) is 12.6 Å². The molecule has 23 nitrogen and oxygen atoms in total. The van der Waals surface area contributed by atoms with Crippen molar-refractivity contribution in [3.05, 3.63) is 315 Å². The molecule has 574 valence electrons. The van der Waals surface area contributed by atoms with Gasteiger partial charge in [-0.05, 0) is 96.3 Å². The Morgan fingerprint density at radius 1 is 0.303 bits per heavy atom. The number of esters is 4. The van der Waals surface area contributed by atoms with E-state index in [2.05, 4.69) is 38.6 Å². The number of nitrogens with one attached hydrogen (secondary N) is 4. The molecule has 9 rings (SSSR count). The van der Waals surface area contributed by atoms with Crippen LogP contribution in [0.2, 0.25) is 0 Å². The number of rotatable bonds is 27. The van der Waals surface area contributed by atoms with Crippen LogP contribution < -0.4 is 27.0 Å². The Bertz CT molecular complexity index is 3930. The number of carboxylic acids is 1. The molecule has 24 heteroatoms. The Balaban J connectivity index is 0.000000246. The molecule has 0 saturated carbocycles. The van der Waals surface area contributed by atoms with E-state index < -0.39 is 78.5 Å². The predicted octanol–water partition coefficient (Wildman–Crippen LogP) is 13.0. The quantitative estimate of drug-likeness (QED) is 0.0143. The van der Waals surface area contributed by atoms with E-state index in [9.17, 15) is 48.3 Å². The lowest BCUT2D eigenvalue weighted by atomic mass is 10.0. The third-order valence-electron chi connectivity index (χ3n) is 15.9. The molecule has 0 spiro atoms. The topological polar surface area (TPSA) is 322 Å². The number of hydrogen-bond acceptors (Lipinski definition) is 19. The molecular formula is C85H95N5O18S. The number of benzene rings is 9. The lowest BCUT2D eigenvalue weighted by Crippen LogP contribution is -2.43. The number of aliphatic carboxylic acids is 1. The summed E-state index contributed by atoms with van der Waals surface area (Å²) in [5.41, 5.74) is 18.3. The number of hydrogen-bond donors (Lipinski definition) is 7. The molecule has 5 atom stereocenters. The van der Waals surface area contributed by atoms with E-state index in [1.54, 1.807) is 0 Å². The summed E-state index contributed by atoms with van der Waals surface area (Å²) in [7, 11) is 5.21. The summed E-state index contributed by atoms with van der Waals surface area (Å²) in [6.45, 7) is 8.47. The van der Waals surface area contributed by atoms with Gasteiger partial charge in [0.15, 0.2) is 0 Å². The first-order chi connectivity index (χ1) is 52.4. The molecule has 0 fully saturated rings. The Kier molecular flexibility index (Phi) is 39.1. The number of nitrogens with two attached hydrogens (primary N) is 1. The highest BCUT2D eigenvalue weighted by Crippen LogP contribution is 2.15. The molecule has 0 radical (unpaired) electrons. The number of alkyl carbamates (subject to hydrolysis) is 4. The van der Waals surface area contributed by atoms with E-state index in [4.69, 9.17) is 38.9 Å². The van der Waals surface area contributed by atoms with Gasteiger partial charge in [0.1, 0.15) is 56.6 Å². The zero-order chi connectivity index (χ0) is 79.3. The second-order valence-corrected chi connectivity index (χ2v) is 25.2. The van der Waals surface area contributed by atoms with Gasteiger partial charge in [-0.25, -0.2) is 38.4 Å². The Morgan fingerprint density at radius 2 is 0.514 bits per heavy atom. The minimum atomic E-state index is -1.10. The van der Waals surface area contributed by atoms with Crippen LogP contribution in [0.25, 0.3) is 0 Å². The molecule has 109 heavy (non-hydrogen) atoms. The molecule has 0 saturated heterocycles. The SMILES string of the molecule is COC(=O)C(Cc1ccc(C)cc1)NC(=O)OCc1ccccc1.COC(=O)C(Cc1ccc(C)cc1)NC(=O)OCc1ccccc1.COC(=O)C(Cc1ccc(S)cc1)NC(=O)OCc1ccccc1.COC(=O)C(N)Cc1ccc(C)cc1.Cc1ccc(CC(NC(=O)OCc2ccccc2)C(=O)O)cc1. The number of carbonyl (C=O) groups is 9. The second-order valence-electron chi connectivity index (χ2n) is 24.7.